The third-order valence-electron chi connectivity index (χ3n) is 2.36. The lowest BCUT2D eigenvalue weighted by Gasteiger charge is -2.18. The first-order valence-corrected chi connectivity index (χ1v) is 6.58. The molecule has 1 aromatic rings. The average Bonchev–Trinajstić information content (AvgIpc) is 2.28. The second-order valence-corrected chi connectivity index (χ2v) is 5.94. The van der Waals surface area contributed by atoms with E-state index in [1.165, 1.54) is 18.9 Å². The summed E-state index contributed by atoms with van der Waals surface area (Å²) >= 11 is 1.32. The maximum absolute atomic E-state index is 11.1. The molecule has 0 spiro atoms. The molecule has 0 aliphatic carbocycles. The molecule has 2 N–H and O–H groups in total. The fraction of sp³-hybridized carbons (Fsp3) is 0.583. The zero-order valence-electron chi connectivity index (χ0n) is 11.4. The van der Waals surface area contributed by atoms with Gasteiger partial charge in [-0.2, -0.15) is 0 Å². The molecule has 0 aliphatic rings. The molecule has 1 rings (SSSR count). The SMILES string of the molecule is COC(=O)CSc1nc(C(C)(C)C)nc(N)c1C. The van der Waals surface area contributed by atoms with E-state index in [0.717, 1.165) is 10.6 Å². The molecule has 0 saturated heterocycles. The van der Waals surface area contributed by atoms with E-state index >= 15 is 0 Å². The predicted octanol–water partition coefficient (Wildman–Crippen LogP) is 1.93. The van der Waals surface area contributed by atoms with Gasteiger partial charge in [0.15, 0.2) is 0 Å². The molecule has 0 saturated carbocycles. The molecular formula is C12H19N3O2S. The van der Waals surface area contributed by atoms with Crippen LogP contribution in [0.2, 0.25) is 0 Å². The van der Waals surface area contributed by atoms with Gasteiger partial charge in [0.25, 0.3) is 0 Å². The Bertz CT molecular complexity index is 455. The molecular weight excluding hydrogens is 250 g/mol. The molecule has 0 atom stereocenters. The number of esters is 1. The molecule has 6 heteroatoms. The maximum atomic E-state index is 11.1. The van der Waals surface area contributed by atoms with Crippen molar-refractivity contribution >= 4 is 23.5 Å². The van der Waals surface area contributed by atoms with Crippen LogP contribution in [0.4, 0.5) is 5.82 Å². The van der Waals surface area contributed by atoms with E-state index in [-0.39, 0.29) is 17.1 Å². The summed E-state index contributed by atoms with van der Waals surface area (Å²) in [6.45, 7) is 7.91. The van der Waals surface area contributed by atoms with E-state index in [4.69, 9.17) is 5.73 Å². The van der Waals surface area contributed by atoms with Gasteiger partial charge >= 0.3 is 5.97 Å². The van der Waals surface area contributed by atoms with E-state index in [2.05, 4.69) is 14.7 Å². The van der Waals surface area contributed by atoms with Crippen LogP contribution in [-0.4, -0.2) is 28.8 Å². The summed E-state index contributed by atoms with van der Waals surface area (Å²) in [5.74, 6) is 1.08. The Hall–Kier alpha value is -1.30. The first-order valence-electron chi connectivity index (χ1n) is 5.60. The second-order valence-electron chi connectivity index (χ2n) is 4.98. The Kier molecular flexibility index (Phi) is 4.56. The van der Waals surface area contributed by atoms with E-state index in [1.807, 2.05) is 27.7 Å². The van der Waals surface area contributed by atoms with Crippen molar-refractivity contribution in [3.05, 3.63) is 11.4 Å². The van der Waals surface area contributed by atoms with Crippen molar-refractivity contribution in [2.45, 2.75) is 38.1 Å². The van der Waals surface area contributed by atoms with Crippen LogP contribution in [0, 0.1) is 6.92 Å². The number of methoxy groups -OCH3 is 1. The molecule has 0 bridgehead atoms. The summed E-state index contributed by atoms with van der Waals surface area (Å²) in [4.78, 5) is 19.9. The fourth-order valence-electron chi connectivity index (χ4n) is 1.17. The Balaban J connectivity index is 3.03. The molecule has 100 valence electrons. The highest BCUT2D eigenvalue weighted by Crippen LogP contribution is 2.27. The van der Waals surface area contributed by atoms with Crippen molar-refractivity contribution in [3.63, 3.8) is 0 Å². The number of hydrogen-bond donors (Lipinski definition) is 1. The van der Waals surface area contributed by atoms with Crippen LogP contribution in [-0.2, 0) is 14.9 Å². The standard InChI is InChI=1S/C12H19N3O2S/c1-7-9(13)14-11(12(2,3)4)15-10(7)18-6-8(16)17-5/h6H2,1-5H3,(H2,13,14,15). The number of hydrogen-bond acceptors (Lipinski definition) is 6. The number of carbonyl (C=O) groups excluding carboxylic acids is 1. The highest BCUT2D eigenvalue weighted by Gasteiger charge is 2.20. The molecule has 0 radical (unpaired) electrons. The minimum absolute atomic E-state index is 0.178. The Morgan fingerprint density at radius 1 is 1.39 bits per heavy atom. The smallest absolute Gasteiger partial charge is 0.316 e. The van der Waals surface area contributed by atoms with Gasteiger partial charge in [-0.15, -0.1) is 0 Å². The lowest BCUT2D eigenvalue weighted by molar-refractivity contribution is -0.137. The van der Waals surface area contributed by atoms with Crippen LogP contribution < -0.4 is 5.73 Å². The zero-order valence-corrected chi connectivity index (χ0v) is 12.2. The lowest BCUT2D eigenvalue weighted by Crippen LogP contribution is -2.18. The maximum Gasteiger partial charge on any atom is 0.316 e. The summed E-state index contributed by atoms with van der Waals surface area (Å²) in [5, 5.41) is 0.734. The highest BCUT2D eigenvalue weighted by atomic mass is 32.2. The van der Waals surface area contributed by atoms with Crippen LogP contribution >= 0.6 is 11.8 Å². The molecule has 5 nitrogen and oxygen atoms in total. The van der Waals surface area contributed by atoms with Crippen LogP contribution in [0.25, 0.3) is 0 Å². The van der Waals surface area contributed by atoms with Gasteiger partial charge in [0.1, 0.15) is 16.7 Å². The number of rotatable bonds is 3. The molecule has 0 unspecified atom stereocenters. The van der Waals surface area contributed by atoms with Crippen molar-refractivity contribution in [3.8, 4) is 0 Å². The van der Waals surface area contributed by atoms with Gasteiger partial charge in [0.2, 0.25) is 0 Å². The number of nitrogens with two attached hydrogens (primary N) is 1. The molecule has 0 fully saturated rings. The van der Waals surface area contributed by atoms with Gasteiger partial charge in [-0.05, 0) is 6.92 Å². The Morgan fingerprint density at radius 3 is 2.50 bits per heavy atom. The minimum Gasteiger partial charge on any atom is -0.468 e. The third kappa shape index (κ3) is 3.60. The number of nitrogens with zero attached hydrogens (tertiary/aromatic N) is 2. The van der Waals surface area contributed by atoms with Gasteiger partial charge in [0.05, 0.1) is 12.9 Å². The fourth-order valence-corrected chi connectivity index (χ4v) is 2.02. The molecule has 0 aliphatic heterocycles. The van der Waals surface area contributed by atoms with E-state index < -0.39 is 0 Å². The minimum atomic E-state index is -0.283. The van der Waals surface area contributed by atoms with Crippen molar-refractivity contribution in [2.75, 3.05) is 18.6 Å². The van der Waals surface area contributed by atoms with Gasteiger partial charge in [-0.3, -0.25) is 4.79 Å². The number of carbonyl (C=O) groups is 1. The second kappa shape index (κ2) is 5.56. The Morgan fingerprint density at radius 2 is 2.00 bits per heavy atom. The van der Waals surface area contributed by atoms with Crippen molar-refractivity contribution in [2.24, 2.45) is 0 Å². The van der Waals surface area contributed by atoms with E-state index in [1.54, 1.807) is 0 Å². The van der Waals surface area contributed by atoms with Crippen LogP contribution in [0.15, 0.2) is 5.03 Å². The summed E-state index contributed by atoms with van der Waals surface area (Å²) in [6.07, 6.45) is 0. The molecule has 0 aromatic carbocycles. The van der Waals surface area contributed by atoms with Crippen molar-refractivity contribution < 1.29 is 9.53 Å². The van der Waals surface area contributed by atoms with E-state index in [0.29, 0.717) is 11.6 Å². The highest BCUT2D eigenvalue weighted by molar-refractivity contribution is 7.99. The third-order valence-corrected chi connectivity index (χ3v) is 3.41. The lowest BCUT2D eigenvalue weighted by atomic mass is 9.95. The van der Waals surface area contributed by atoms with Crippen LogP contribution in [0.5, 0.6) is 0 Å². The normalized spacial score (nSPS) is 11.4. The quantitative estimate of drug-likeness (QED) is 0.513. The number of anilines is 1. The average molecular weight is 269 g/mol. The molecule has 1 heterocycles. The van der Waals surface area contributed by atoms with Gasteiger partial charge < -0.3 is 10.5 Å². The molecule has 18 heavy (non-hydrogen) atoms. The Labute approximate surface area is 112 Å². The number of nitrogen functional groups attached to an aromatic ring is 1. The monoisotopic (exact) mass is 269 g/mol. The summed E-state index contributed by atoms with van der Waals surface area (Å²) in [7, 11) is 1.37. The largest absolute Gasteiger partial charge is 0.468 e. The zero-order chi connectivity index (χ0) is 13.9. The summed E-state index contributed by atoms with van der Waals surface area (Å²) in [6, 6.07) is 0. The van der Waals surface area contributed by atoms with Crippen molar-refractivity contribution in [1.29, 1.82) is 0 Å². The first kappa shape index (κ1) is 14.8. The molecule has 0 amide bonds. The number of aromatic nitrogens is 2. The summed E-state index contributed by atoms with van der Waals surface area (Å²) < 4.78 is 4.61. The summed E-state index contributed by atoms with van der Waals surface area (Å²) in [5.41, 5.74) is 6.50. The first-order chi connectivity index (χ1) is 8.25. The predicted molar refractivity (Wildman–Crippen MR) is 72.6 cm³/mol. The van der Waals surface area contributed by atoms with E-state index in [9.17, 15) is 4.79 Å². The number of ether oxygens (including phenoxy) is 1. The van der Waals surface area contributed by atoms with Crippen LogP contribution in [0.1, 0.15) is 32.2 Å². The topological polar surface area (TPSA) is 78.1 Å². The van der Waals surface area contributed by atoms with Gasteiger partial charge in [0, 0.05) is 11.0 Å². The van der Waals surface area contributed by atoms with Crippen LogP contribution in [0.3, 0.4) is 0 Å². The van der Waals surface area contributed by atoms with Crippen molar-refractivity contribution in [1.82, 2.24) is 9.97 Å². The van der Waals surface area contributed by atoms with Gasteiger partial charge in [-0.1, -0.05) is 32.5 Å². The number of thioether (sulfide) groups is 1. The van der Waals surface area contributed by atoms with Gasteiger partial charge in [-0.25, -0.2) is 9.97 Å². The molecule has 1 aromatic heterocycles.